The molecule has 14 heavy (non-hydrogen) atoms. The molecule has 0 aliphatic rings. The highest BCUT2D eigenvalue weighted by Crippen LogP contribution is 1.98. The summed E-state index contributed by atoms with van der Waals surface area (Å²) >= 11 is 0. The Balaban J connectivity index is 3.64. The molecule has 0 fully saturated rings. The van der Waals surface area contributed by atoms with Gasteiger partial charge in [0.2, 0.25) is 5.91 Å². The maximum Gasteiger partial charge on any atom is 0.246 e. The van der Waals surface area contributed by atoms with E-state index in [1.165, 1.54) is 6.92 Å². The zero-order valence-electron chi connectivity index (χ0n) is 8.91. The van der Waals surface area contributed by atoms with Crippen LogP contribution in [-0.4, -0.2) is 47.6 Å². The minimum Gasteiger partial charge on any atom is -0.393 e. The number of amides is 1. The molecule has 0 heterocycles. The Bertz CT molecular complexity index is 180. The van der Waals surface area contributed by atoms with Crippen LogP contribution in [0.4, 0.5) is 0 Å². The topological polar surface area (TPSA) is 78.8 Å². The highest BCUT2D eigenvalue weighted by molar-refractivity contribution is 5.77. The SMILES string of the molecule is CC(C)OCC(=O)NCC(C)(O)CO. The Morgan fingerprint density at radius 1 is 1.57 bits per heavy atom. The molecule has 0 spiro atoms. The van der Waals surface area contributed by atoms with Crippen LogP contribution in [0.15, 0.2) is 0 Å². The van der Waals surface area contributed by atoms with Gasteiger partial charge in [-0.1, -0.05) is 0 Å². The predicted octanol–water partition coefficient (Wildman–Crippen LogP) is -0.729. The molecular formula is C9H19NO4. The van der Waals surface area contributed by atoms with Gasteiger partial charge in [0, 0.05) is 6.54 Å². The lowest BCUT2D eigenvalue weighted by atomic mass is 10.1. The number of aliphatic hydroxyl groups excluding tert-OH is 1. The molecule has 1 atom stereocenters. The fraction of sp³-hybridized carbons (Fsp3) is 0.889. The third kappa shape index (κ3) is 6.82. The molecule has 0 bridgehead atoms. The van der Waals surface area contributed by atoms with Gasteiger partial charge in [0.05, 0.1) is 12.7 Å². The molecular weight excluding hydrogens is 186 g/mol. The van der Waals surface area contributed by atoms with Crippen molar-refractivity contribution in [1.29, 1.82) is 0 Å². The van der Waals surface area contributed by atoms with Gasteiger partial charge in [-0.05, 0) is 20.8 Å². The Hall–Kier alpha value is -0.650. The number of rotatable bonds is 6. The highest BCUT2D eigenvalue weighted by Gasteiger charge is 2.19. The molecule has 0 aliphatic heterocycles. The van der Waals surface area contributed by atoms with E-state index in [1.54, 1.807) is 0 Å². The van der Waals surface area contributed by atoms with Crippen molar-refractivity contribution in [3.63, 3.8) is 0 Å². The van der Waals surface area contributed by atoms with Crippen molar-refractivity contribution in [2.75, 3.05) is 19.8 Å². The lowest BCUT2D eigenvalue weighted by Gasteiger charge is -2.20. The number of ether oxygens (including phenoxy) is 1. The number of carbonyl (C=O) groups is 1. The van der Waals surface area contributed by atoms with Crippen LogP contribution in [0.2, 0.25) is 0 Å². The van der Waals surface area contributed by atoms with E-state index in [1.807, 2.05) is 13.8 Å². The molecule has 0 rings (SSSR count). The summed E-state index contributed by atoms with van der Waals surface area (Å²) in [4.78, 5) is 11.1. The predicted molar refractivity (Wildman–Crippen MR) is 51.8 cm³/mol. The summed E-state index contributed by atoms with van der Waals surface area (Å²) in [5.74, 6) is -0.299. The Morgan fingerprint density at radius 2 is 2.14 bits per heavy atom. The van der Waals surface area contributed by atoms with E-state index < -0.39 is 12.2 Å². The number of hydrogen-bond donors (Lipinski definition) is 3. The molecule has 0 saturated carbocycles. The normalized spacial score (nSPS) is 15.3. The molecule has 0 aliphatic carbocycles. The number of nitrogens with one attached hydrogen (secondary N) is 1. The molecule has 84 valence electrons. The van der Waals surface area contributed by atoms with Crippen LogP contribution in [0.5, 0.6) is 0 Å². The van der Waals surface area contributed by atoms with Crippen molar-refractivity contribution in [2.24, 2.45) is 0 Å². The second kappa shape index (κ2) is 5.95. The maximum atomic E-state index is 11.1. The van der Waals surface area contributed by atoms with E-state index in [4.69, 9.17) is 9.84 Å². The number of hydrogen-bond acceptors (Lipinski definition) is 4. The van der Waals surface area contributed by atoms with E-state index in [-0.39, 0.29) is 25.2 Å². The van der Waals surface area contributed by atoms with Crippen molar-refractivity contribution in [2.45, 2.75) is 32.5 Å². The third-order valence-corrected chi connectivity index (χ3v) is 1.55. The second-order valence-electron chi connectivity index (χ2n) is 3.79. The Morgan fingerprint density at radius 3 is 2.57 bits per heavy atom. The summed E-state index contributed by atoms with van der Waals surface area (Å²) in [5.41, 5.74) is -1.27. The average molecular weight is 205 g/mol. The van der Waals surface area contributed by atoms with Crippen molar-refractivity contribution >= 4 is 5.91 Å². The Kier molecular flexibility index (Phi) is 5.68. The van der Waals surface area contributed by atoms with Crippen LogP contribution in [0, 0.1) is 0 Å². The molecule has 0 aromatic carbocycles. The van der Waals surface area contributed by atoms with Crippen LogP contribution in [0.1, 0.15) is 20.8 Å². The first-order valence-electron chi connectivity index (χ1n) is 4.59. The maximum absolute atomic E-state index is 11.1. The van der Waals surface area contributed by atoms with Crippen molar-refractivity contribution in [1.82, 2.24) is 5.32 Å². The minimum atomic E-state index is -1.27. The Labute approximate surface area is 84.1 Å². The molecule has 5 heteroatoms. The van der Waals surface area contributed by atoms with Crippen molar-refractivity contribution < 1.29 is 19.7 Å². The largest absolute Gasteiger partial charge is 0.393 e. The quantitative estimate of drug-likeness (QED) is 0.534. The summed E-state index contributed by atoms with van der Waals surface area (Å²) in [5, 5.41) is 20.5. The summed E-state index contributed by atoms with van der Waals surface area (Å²) in [7, 11) is 0. The summed E-state index contributed by atoms with van der Waals surface area (Å²) in [6.07, 6.45) is -0.000831. The molecule has 0 aromatic rings. The van der Waals surface area contributed by atoms with Crippen LogP contribution < -0.4 is 5.32 Å². The van der Waals surface area contributed by atoms with Crippen LogP contribution in [0.25, 0.3) is 0 Å². The van der Waals surface area contributed by atoms with Gasteiger partial charge < -0.3 is 20.3 Å². The molecule has 0 aromatic heterocycles. The molecule has 1 unspecified atom stereocenters. The van der Waals surface area contributed by atoms with E-state index in [2.05, 4.69) is 5.32 Å². The van der Waals surface area contributed by atoms with Crippen LogP contribution in [-0.2, 0) is 9.53 Å². The summed E-state index contributed by atoms with van der Waals surface area (Å²) in [6.45, 7) is 4.70. The molecule has 0 saturated heterocycles. The summed E-state index contributed by atoms with van der Waals surface area (Å²) in [6, 6.07) is 0. The van der Waals surface area contributed by atoms with Gasteiger partial charge in [-0.15, -0.1) is 0 Å². The minimum absolute atomic E-state index is 0.000831. The zero-order chi connectivity index (χ0) is 11.2. The van der Waals surface area contributed by atoms with Gasteiger partial charge in [-0.2, -0.15) is 0 Å². The first kappa shape index (κ1) is 13.4. The van der Waals surface area contributed by atoms with E-state index in [9.17, 15) is 9.90 Å². The van der Waals surface area contributed by atoms with E-state index in [0.717, 1.165) is 0 Å². The highest BCUT2D eigenvalue weighted by atomic mass is 16.5. The van der Waals surface area contributed by atoms with Gasteiger partial charge in [-0.3, -0.25) is 4.79 Å². The smallest absolute Gasteiger partial charge is 0.246 e. The van der Waals surface area contributed by atoms with Crippen molar-refractivity contribution in [3.8, 4) is 0 Å². The van der Waals surface area contributed by atoms with Gasteiger partial charge in [0.1, 0.15) is 12.2 Å². The van der Waals surface area contributed by atoms with Crippen LogP contribution >= 0.6 is 0 Å². The second-order valence-corrected chi connectivity index (χ2v) is 3.79. The first-order chi connectivity index (χ1) is 6.37. The standard InChI is InChI=1S/C9H19NO4/c1-7(2)14-4-8(12)10-5-9(3,13)6-11/h7,11,13H,4-6H2,1-3H3,(H,10,12). The van der Waals surface area contributed by atoms with E-state index in [0.29, 0.717) is 0 Å². The lowest BCUT2D eigenvalue weighted by molar-refractivity contribution is -0.128. The van der Waals surface area contributed by atoms with Gasteiger partial charge in [0.25, 0.3) is 0 Å². The molecule has 1 amide bonds. The zero-order valence-corrected chi connectivity index (χ0v) is 8.91. The lowest BCUT2D eigenvalue weighted by Crippen LogP contribution is -2.44. The average Bonchev–Trinajstić information content (AvgIpc) is 2.11. The fourth-order valence-electron chi connectivity index (χ4n) is 0.638. The number of aliphatic hydroxyl groups is 2. The number of carbonyl (C=O) groups excluding carboxylic acids is 1. The van der Waals surface area contributed by atoms with Crippen molar-refractivity contribution in [3.05, 3.63) is 0 Å². The molecule has 0 radical (unpaired) electrons. The third-order valence-electron chi connectivity index (χ3n) is 1.55. The van der Waals surface area contributed by atoms with Gasteiger partial charge in [-0.25, -0.2) is 0 Å². The van der Waals surface area contributed by atoms with Gasteiger partial charge in [0.15, 0.2) is 0 Å². The molecule has 5 nitrogen and oxygen atoms in total. The first-order valence-corrected chi connectivity index (χ1v) is 4.59. The molecule has 3 N–H and O–H groups in total. The van der Waals surface area contributed by atoms with Crippen LogP contribution in [0.3, 0.4) is 0 Å². The van der Waals surface area contributed by atoms with E-state index >= 15 is 0 Å². The summed E-state index contributed by atoms with van der Waals surface area (Å²) < 4.78 is 5.05. The fourth-order valence-corrected chi connectivity index (χ4v) is 0.638. The monoisotopic (exact) mass is 205 g/mol. The van der Waals surface area contributed by atoms with Gasteiger partial charge >= 0.3 is 0 Å².